The standard InChI is InChI=1S/C15F10O2/c16-3-1(4(17)7(20)9(22)6(3)19)14-12(25)13(26)2-5(18)8(21)10(23)11(24)15(2)27-14. The maximum absolute atomic E-state index is 14.1. The average Bonchev–Trinajstić information content (AvgIpc) is 2.64. The summed E-state index contributed by atoms with van der Waals surface area (Å²) in [5.41, 5.74) is -6.24. The first-order valence-electron chi connectivity index (χ1n) is 6.50. The van der Waals surface area contributed by atoms with Gasteiger partial charge in [-0.2, -0.15) is 8.78 Å². The molecule has 0 unspecified atom stereocenters. The molecule has 1 heterocycles. The molecule has 3 rings (SSSR count). The van der Waals surface area contributed by atoms with Crippen molar-refractivity contribution in [1.82, 2.24) is 0 Å². The third-order valence-electron chi connectivity index (χ3n) is 3.49. The van der Waals surface area contributed by atoms with Gasteiger partial charge in [-0.05, 0) is 0 Å². The summed E-state index contributed by atoms with van der Waals surface area (Å²) in [6, 6.07) is 0. The van der Waals surface area contributed by atoms with Crippen molar-refractivity contribution in [3.63, 3.8) is 0 Å². The van der Waals surface area contributed by atoms with Gasteiger partial charge in [0.15, 0.2) is 46.2 Å². The zero-order chi connectivity index (χ0) is 20.4. The molecular formula is C15F10O2. The Morgan fingerprint density at radius 2 is 0.889 bits per heavy atom. The Bertz CT molecular complexity index is 1170. The lowest BCUT2D eigenvalue weighted by Gasteiger charge is -2.10. The number of hydrogen-bond donors (Lipinski definition) is 0. The molecular weight excluding hydrogens is 402 g/mol. The van der Waals surface area contributed by atoms with Crippen LogP contribution in [0.3, 0.4) is 0 Å². The lowest BCUT2D eigenvalue weighted by atomic mass is 10.1. The van der Waals surface area contributed by atoms with Gasteiger partial charge in [0.1, 0.15) is 5.39 Å². The Hall–Kier alpha value is -3.05. The minimum Gasteiger partial charge on any atom is -0.449 e. The van der Waals surface area contributed by atoms with Crippen LogP contribution < -0.4 is 5.43 Å². The van der Waals surface area contributed by atoms with Crippen LogP contribution in [0.2, 0.25) is 0 Å². The maximum atomic E-state index is 14.1. The number of halogens is 10. The maximum Gasteiger partial charge on any atom is 0.232 e. The van der Waals surface area contributed by atoms with E-state index in [1.807, 2.05) is 0 Å². The molecule has 0 radical (unpaired) electrons. The van der Waals surface area contributed by atoms with Gasteiger partial charge in [0.2, 0.25) is 28.7 Å². The van der Waals surface area contributed by atoms with E-state index in [0.29, 0.717) is 0 Å². The number of fused-ring (bicyclic) bond motifs is 1. The molecule has 0 fully saturated rings. The first kappa shape index (κ1) is 18.7. The zero-order valence-corrected chi connectivity index (χ0v) is 12.1. The molecule has 2 aromatic carbocycles. The van der Waals surface area contributed by atoms with E-state index in [9.17, 15) is 48.7 Å². The summed E-state index contributed by atoms with van der Waals surface area (Å²) >= 11 is 0. The Morgan fingerprint density at radius 1 is 0.481 bits per heavy atom. The van der Waals surface area contributed by atoms with Crippen LogP contribution in [0.1, 0.15) is 0 Å². The van der Waals surface area contributed by atoms with E-state index < -0.39 is 85.9 Å². The van der Waals surface area contributed by atoms with Crippen LogP contribution in [0.25, 0.3) is 22.3 Å². The summed E-state index contributed by atoms with van der Waals surface area (Å²) in [6.45, 7) is 0. The first-order valence-corrected chi connectivity index (χ1v) is 6.50. The Kier molecular flexibility index (Phi) is 4.16. The SMILES string of the molecule is O=c1c(F)c(-c2c(F)c(F)c(F)c(F)c2F)oc2c(F)c(F)c(F)c(F)c12. The van der Waals surface area contributed by atoms with Gasteiger partial charge in [-0.15, -0.1) is 0 Å². The van der Waals surface area contributed by atoms with Gasteiger partial charge < -0.3 is 4.42 Å². The van der Waals surface area contributed by atoms with E-state index in [2.05, 4.69) is 4.42 Å². The number of hydrogen-bond acceptors (Lipinski definition) is 2. The molecule has 1 aromatic heterocycles. The van der Waals surface area contributed by atoms with E-state index in [1.54, 1.807) is 0 Å². The summed E-state index contributed by atoms with van der Waals surface area (Å²) < 4.78 is 139. The van der Waals surface area contributed by atoms with E-state index in [-0.39, 0.29) is 0 Å². The van der Waals surface area contributed by atoms with Crippen LogP contribution >= 0.6 is 0 Å². The second-order valence-corrected chi connectivity index (χ2v) is 4.98. The van der Waals surface area contributed by atoms with E-state index in [1.165, 1.54) is 0 Å². The fourth-order valence-corrected chi connectivity index (χ4v) is 2.23. The minimum atomic E-state index is -2.65. The molecule has 0 N–H and O–H groups in total. The zero-order valence-electron chi connectivity index (χ0n) is 12.1. The molecule has 142 valence electrons. The smallest absolute Gasteiger partial charge is 0.232 e. The van der Waals surface area contributed by atoms with Crippen molar-refractivity contribution < 1.29 is 48.3 Å². The molecule has 0 aliphatic heterocycles. The largest absolute Gasteiger partial charge is 0.449 e. The van der Waals surface area contributed by atoms with Gasteiger partial charge in [0.05, 0.1) is 5.56 Å². The summed E-state index contributed by atoms with van der Waals surface area (Å²) in [5, 5.41) is -1.81. The quantitative estimate of drug-likeness (QED) is 0.331. The Morgan fingerprint density at radius 3 is 1.41 bits per heavy atom. The molecule has 0 aliphatic rings. The molecule has 2 nitrogen and oxygen atoms in total. The van der Waals surface area contributed by atoms with Crippen LogP contribution in [0.4, 0.5) is 43.9 Å². The van der Waals surface area contributed by atoms with Gasteiger partial charge >= 0.3 is 0 Å². The highest BCUT2D eigenvalue weighted by atomic mass is 19.2. The predicted octanol–water partition coefficient (Wildman–Crippen LogP) is 4.85. The highest BCUT2D eigenvalue weighted by Gasteiger charge is 2.33. The highest BCUT2D eigenvalue weighted by Crippen LogP contribution is 2.35. The van der Waals surface area contributed by atoms with Gasteiger partial charge in [-0.25, -0.2) is 35.1 Å². The Labute approximate surface area is 140 Å². The predicted molar refractivity (Wildman–Crippen MR) is 67.5 cm³/mol. The molecule has 0 atom stereocenters. The van der Waals surface area contributed by atoms with Crippen molar-refractivity contribution in [2.45, 2.75) is 0 Å². The summed E-state index contributed by atoms with van der Waals surface area (Å²) in [6.07, 6.45) is 0. The van der Waals surface area contributed by atoms with Crippen molar-refractivity contribution in [2.75, 3.05) is 0 Å². The normalized spacial score (nSPS) is 11.5. The van der Waals surface area contributed by atoms with Crippen LogP contribution in [0.15, 0.2) is 9.21 Å². The molecule has 0 aliphatic carbocycles. The number of benzene rings is 2. The van der Waals surface area contributed by atoms with Gasteiger partial charge in [-0.3, -0.25) is 4.79 Å². The summed E-state index contributed by atoms with van der Waals surface area (Å²) in [5.74, 6) is -27.4. The van der Waals surface area contributed by atoms with Crippen LogP contribution in [-0.4, -0.2) is 0 Å². The summed E-state index contributed by atoms with van der Waals surface area (Å²) in [7, 11) is 0. The van der Waals surface area contributed by atoms with E-state index >= 15 is 0 Å². The van der Waals surface area contributed by atoms with Crippen molar-refractivity contribution in [2.24, 2.45) is 0 Å². The fraction of sp³-hybridized carbons (Fsp3) is 0. The molecule has 0 saturated heterocycles. The molecule has 0 amide bonds. The first-order chi connectivity index (χ1) is 12.5. The highest BCUT2D eigenvalue weighted by molar-refractivity contribution is 5.80. The summed E-state index contributed by atoms with van der Waals surface area (Å²) in [4.78, 5) is 11.8. The number of rotatable bonds is 1. The van der Waals surface area contributed by atoms with Gasteiger partial charge in [0, 0.05) is 0 Å². The molecule has 12 heteroatoms. The third kappa shape index (κ3) is 2.39. The minimum absolute atomic E-state index is 1.81. The second-order valence-electron chi connectivity index (χ2n) is 4.98. The van der Waals surface area contributed by atoms with Crippen molar-refractivity contribution in [3.05, 3.63) is 68.4 Å². The molecule has 3 aromatic rings. The van der Waals surface area contributed by atoms with Gasteiger partial charge in [-0.1, -0.05) is 0 Å². The van der Waals surface area contributed by atoms with Crippen LogP contribution in [0.5, 0.6) is 0 Å². The van der Waals surface area contributed by atoms with E-state index in [0.717, 1.165) is 0 Å². The molecule has 0 bridgehead atoms. The monoisotopic (exact) mass is 402 g/mol. The van der Waals surface area contributed by atoms with Crippen molar-refractivity contribution in [3.8, 4) is 11.3 Å². The van der Waals surface area contributed by atoms with E-state index in [4.69, 9.17) is 0 Å². The van der Waals surface area contributed by atoms with Crippen molar-refractivity contribution in [1.29, 1.82) is 0 Å². The van der Waals surface area contributed by atoms with Crippen LogP contribution in [-0.2, 0) is 0 Å². The molecule has 0 saturated carbocycles. The van der Waals surface area contributed by atoms with Crippen LogP contribution in [0, 0.1) is 58.2 Å². The topological polar surface area (TPSA) is 30.2 Å². The Balaban J connectivity index is 2.57. The third-order valence-corrected chi connectivity index (χ3v) is 3.49. The molecule has 27 heavy (non-hydrogen) atoms. The molecule has 0 spiro atoms. The second kappa shape index (κ2) is 5.99. The average molecular weight is 402 g/mol. The van der Waals surface area contributed by atoms with Gasteiger partial charge in [0.25, 0.3) is 0 Å². The lowest BCUT2D eigenvalue weighted by molar-refractivity contribution is 0.376. The van der Waals surface area contributed by atoms with Crippen molar-refractivity contribution >= 4 is 11.0 Å². The lowest BCUT2D eigenvalue weighted by Crippen LogP contribution is -2.15. The fourth-order valence-electron chi connectivity index (χ4n) is 2.23.